The molecule has 0 bridgehead atoms. The van der Waals surface area contributed by atoms with E-state index >= 15 is 0 Å². The lowest BCUT2D eigenvalue weighted by Crippen LogP contribution is -2.55. The number of nitrogens with zero attached hydrogens (tertiary/aromatic N) is 2. The SMILES string of the molecule is CC(C)N(C1CCN(C(=O)C(Cc2ccccc2)NCC(N)=O)CC1)S(=O)(=O)c1cccc(C(F)(F)F)c1. The fourth-order valence-electron chi connectivity index (χ4n) is 4.73. The molecule has 0 radical (unpaired) electrons. The molecule has 1 aliphatic heterocycles. The number of primary amides is 1. The summed E-state index contributed by atoms with van der Waals surface area (Å²) in [6, 6.07) is 11.3. The maximum absolute atomic E-state index is 13.5. The highest BCUT2D eigenvalue weighted by Crippen LogP contribution is 2.33. The van der Waals surface area contributed by atoms with Crippen molar-refractivity contribution in [2.24, 2.45) is 5.73 Å². The highest BCUT2D eigenvalue weighted by atomic mass is 32.2. The van der Waals surface area contributed by atoms with Crippen LogP contribution in [0, 0.1) is 0 Å². The molecule has 2 aromatic carbocycles. The number of halogens is 3. The molecule has 2 aromatic rings. The number of hydrogen-bond acceptors (Lipinski definition) is 5. The minimum Gasteiger partial charge on any atom is -0.369 e. The fraction of sp³-hybridized carbons (Fsp3) is 0.462. The number of sulfonamides is 1. The van der Waals surface area contributed by atoms with E-state index in [-0.39, 0.29) is 25.5 Å². The Hall–Kier alpha value is -2.96. The molecular weight excluding hydrogens is 521 g/mol. The monoisotopic (exact) mass is 554 g/mol. The molecule has 1 saturated heterocycles. The lowest BCUT2D eigenvalue weighted by molar-refractivity contribution is -0.138. The van der Waals surface area contributed by atoms with Crippen molar-refractivity contribution in [1.29, 1.82) is 0 Å². The molecule has 12 heteroatoms. The van der Waals surface area contributed by atoms with Crippen molar-refractivity contribution in [3.63, 3.8) is 0 Å². The molecule has 1 unspecified atom stereocenters. The zero-order valence-corrected chi connectivity index (χ0v) is 22.1. The third-order valence-electron chi connectivity index (χ3n) is 6.49. The van der Waals surface area contributed by atoms with Gasteiger partial charge in [0.15, 0.2) is 0 Å². The lowest BCUT2D eigenvalue weighted by Gasteiger charge is -2.40. The van der Waals surface area contributed by atoms with Gasteiger partial charge in [0.2, 0.25) is 21.8 Å². The van der Waals surface area contributed by atoms with Crippen molar-refractivity contribution in [1.82, 2.24) is 14.5 Å². The zero-order valence-electron chi connectivity index (χ0n) is 21.3. The number of amides is 2. The molecule has 1 aliphatic rings. The minimum absolute atomic E-state index is 0.171. The van der Waals surface area contributed by atoms with Crippen molar-refractivity contribution in [2.45, 2.75) is 62.3 Å². The summed E-state index contributed by atoms with van der Waals surface area (Å²) in [5.74, 6) is -0.827. The summed E-state index contributed by atoms with van der Waals surface area (Å²) in [5.41, 5.74) is 5.13. The smallest absolute Gasteiger partial charge is 0.369 e. The number of nitrogens with one attached hydrogen (secondary N) is 1. The number of carbonyl (C=O) groups is 2. The van der Waals surface area contributed by atoms with E-state index in [4.69, 9.17) is 5.73 Å². The molecule has 3 rings (SSSR count). The Balaban J connectivity index is 1.75. The van der Waals surface area contributed by atoms with Gasteiger partial charge in [0.1, 0.15) is 0 Å². The summed E-state index contributed by atoms with van der Waals surface area (Å²) in [6.07, 6.45) is -3.69. The number of hydrogen-bond donors (Lipinski definition) is 2. The molecule has 1 fully saturated rings. The second kappa shape index (κ2) is 12.3. The largest absolute Gasteiger partial charge is 0.416 e. The predicted octanol–water partition coefficient (Wildman–Crippen LogP) is 2.78. The number of likely N-dealkylation sites (tertiary alicyclic amines) is 1. The van der Waals surface area contributed by atoms with Crippen molar-refractivity contribution in [3.05, 3.63) is 65.7 Å². The van der Waals surface area contributed by atoms with Crippen LogP contribution in [0.1, 0.15) is 37.8 Å². The molecule has 1 atom stereocenters. The van der Waals surface area contributed by atoms with Gasteiger partial charge >= 0.3 is 6.18 Å². The van der Waals surface area contributed by atoms with E-state index in [0.717, 1.165) is 23.8 Å². The van der Waals surface area contributed by atoms with E-state index in [2.05, 4.69) is 5.32 Å². The lowest BCUT2D eigenvalue weighted by atomic mass is 10.0. The van der Waals surface area contributed by atoms with Gasteiger partial charge in [-0.1, -0.05) is 36.4 Å². The first-order valence-electron chi connectivity index (χ1n) is 12.4. The first-order chi connectivity index (χ1) is 17.8. The Labute approximate surface area is 221 Å². The van der Waals surface area contributed by atoms with E-state index in [1.54, 1.807) is 18.7 Å². The summed E-state index contributed by atoms with van der Waals surface area (Å²) in [5, 5.41) is 2.92. The topological polar surface area (TPSA) is 113 Å². The molecule has 1 heterocycles. The molecule has 8 nitrogen and oxygen atoms in total. The van der Waals surface area contributed by atoms with E-state index in [1.807, 2.05) is 30.3 Å². The van der Waals surface area contributed by atoms with Gasteiger partial charge < -0.3 is 10.6 Å². The summed E-state index contributed by atoms with van der Waals surface area (Å²) in [4.78, 5) is 25.9. The van der Waals surface area contributed by atoms with Crippen LogP contribution in [0.5, 0.6) is 0 Å². The number of rotatable bonds is 10. The first-order valence-corrected chi connectivity index (χ1v) is 13.8. The third-order valence-corrected chi connectivity index (χ3v) is 8.61. The maximum Gasteiger partial charge on any atom is 0.416 e. The standard InChI is InChI=1S/C26H33F3N4O4S/c1-18(2)33(38(36,37)22-10-6-9-20(16-22)26(27,28)29)21-11-13-32(14-12-21)25(35)23(31-17-24(30)34)15-19-7-4-3-5-8-19/h3-10,16,18,21,23,31H,11-15,17H2,1-2H3,(H2,30,34). The summed E-state index contributed by atoms with van der Waals surface area (Å²) in [7, 11) is -4.23. The molecular formula is C26H33F3N4O4S. The molecule has 3 N–H and O–H groups in total. The zero-order chi connectivity index (χ0) is 28.1. The third kappa shape index (κ3) is 7.33. The van der Waals surface area contributed by atoms with Gasteiger partial charge in [-0.15, -0.1) is 0 Å². The van der Waals surface area contributed by atoms with Crippen LogP contribution in [0.3, 0.4) is 0 Å². The van der Waals surface area contributed by atoms with Gasteiger partial charge in [-0.2, -0.15) is 17.5 Å². The van der Waals surface area contributed by atoms with E-state index < -0.39 is 50.7 Å². The first kappa shape index (κ1) is 29.6. The molecule has 2 amide bonds. The van der Waals surface area contributed by atoms with Crippen molar-refractivity contribution < 1.29 is 31.2 Å². The highest BCUT2D eigenvalue weighted by molar-refractivity contribution is 7.89. The van der Waals surface area contributed by atoms with Crippen molar-refractivity contribution in [2.75, 3.05) is 19.6 Å². The molecule has 208 valence electrons. The highest BCUT2D eigenvalue weighted by Gasteiger charge is 2.39. The van der Waals surface area contributed by atoms with Gasteiger partial charge in [-0.05, 0) is 56.9 Å². The number of alkyl halides is 3. The number of nitrogens with two attached hydrogens (primary N) is 1. The maximum atomic E-state index is 13.5. The van der Waals surface area contributed by atoms with Crippen LogP contribution in [-0.4, -0.2) is 67.2 Å². The van der Waals surface area contributed by atoms with Gasteiger partial charge in [0.25, 0.3) is 0 Å². The van der Waals surface area contributed by atoms with E-state index in [0.29, 0.717) is 25.3 Å². The second-order valence-electron chi connectivity index (χ2n) is 9.60. The van der Waals surface area contributed by atoms with Crippen molar-refractivity contribution >= 4 is 21.8 Å². The Morgan fingerprint density at radius 1 is 1.08 bits per heavy atom. The minimum atomic E-state index is -4.67. The summed E-state index contributed by atoms with van der Waals surface area (Å²) >= 11 is 0. The van der Waals surface area contributed by atoms with Gasteiger partial charge in [-0.3, -0.25) is 14.9 Å². The van der Waals surface area contributed by atoms with Crippen LogP contribution in [0.25, 0.3) is 0 Å². The Kier molecular flexibility index (Phi) is 9.55. The molecule has 0 aromatic heterocycles. The predicted molar refractivity (Wildman–Crippen MR) is 136 cm³/mol. The molecule has 0 saturated carbocycles. The van der Waals surface area contributed by atoms with Gasteiger partial charge in [-0.25, -0.2) is 8.42 Å². The Morgan fingerprint density at radius 2 is 1.71 bits per heavy atom. The van der Waals surface area contributed by atoms with E-state index in [1.165, 1.54) is 4.31 Å². The van der Waals surface area contributed by atoms with Crippen LogP contribution in [0.15, 0.2) is 59.5 Å². The van der Waals surface area contributed by atoms with Crippen molar-refractivity contribution in [3.8, 4) is 0 Å². The van der Waals surface area contributed by atoms with Crippen LogP contribution in [0.2, 0.25) is 0 Å². The summed E-state index contributed by atoms with van der Waals surface area (Å²) < 4.78 is 67.8. The molecule has 0 spiro atoms. The van der Waals surface area contributed by atoms with Gasteiger partial charge in [0, 0.05) is 25.2 Å². The number of piperidine rings is 1. The fourth-order valence-corrected chi connectivity index (χ4v) is 6.66. The summed E-state index contributed by atoms with van der Waals surface area (Å²) in [6.45, 7) is 3.69. The average Bonchev–Trinajstić information content (AvgIpc) is 2.86. The number of carbonyl (C=O) groups excluding carboxylic acids is 2. The normalized spacial score (nSPS) is 16.1. The van der Waals surface area contributed by atoms with Crippen LogP contribution >= 0.6 is 0 Å². The van der Waals surface area contributed by atoms with Crippen LogP contribution in [-0.2, 0) is 32.2 Å². The Morgan fingerprint density at radius 3 is 2.26 bits per heavy atom. The average molecular weight is 555 g/mol. The second-order valence-corrected chi connectivity index (χ2v) is 11.4. The van der Waals surface area contributed by atoms with Crippen LogP contribution in [0.4, 0.5) is 13.2 Å². The molecule has 0 aliphatic carbocycles. The molecule has 38 heavy (non-hydrogen) atoms. The van der Waals surface area contributed by atoms with Gasteiger partial charge in [0.05, 0.1) is 23.0 Å². The quantitative estimate of drug-likeness (QED) is 0.469. The van der Waals surface area contributed by atoms with E-state index in [9.17, 15) is 31.2 Å². The van der Waals surface area contributed by atoms with Crippen LogP contribution < -0.4 is 11.1 Å². The Bertz CT molecular complexity index is 1210. The number of benzene rings is 2.